The first kappa shape index (κ1) is 31.7. The fraction of sp³-hybridized carbons (Fsp3) is 0.457. The maximum absolute atomic E-state index is 10.8. The maximum Gasteiger partial charge on any atom is 0.308 e. The molecular formula is C35H46N2O5. The summed E-state index contributed by atoms with van der Waals surface area (Å²) in [7, 11) is 0. The number of benzene rings is 3. The number of carbonyl (C=O) groups is 1. The summed E-state index contributed by atoms with van der Waals surface area (Å²) < 4.78 is 10.7. The van der Waals surface area contributed by atoms with E-state index in [1.54, 1.807) is 24.3 Å². The van der Waals surface area contributed by atoms with Crippen molar-refractivity contribution in [3.05, 3.63) is 95.6 Å². The zero-order chi connectivity index (χ0) is 29.6. The Kier molecular flexibility index (Phi) is 12.8. The number of nitrogens with one attached hydrogen (secondary N) is 2. The summed E-state index contributed by atoms with van der Waals surface area (Å²) >= 11 is 0. The lowest BCUT2D eigenvalue weighted by Gasteiger charge is -2.16. The standard InChI is InChI=1S/C20H25NO2.C15H21NO3/c22-20(14-21-18-8-4-5-9-18)17-10-12-19(13-11-17)23-15-16-6-2-1-3-7-16;1-11(17)19-14-8-6-12(7-9-14)15(18)10-16-13-4-2-3-5-13/h1-3,6-7,10-13,18,20-22H,4-5,8-9,14-15H2;6-9,13,15-16,18H,2-5,10H2,1H3. The second-order valence-electron chi connectivity index (χ2n) is 11.3. The van der Waals surface area contributed by atoms with E-state index in [4.69, 9.17) is 9.47 Å². The molecule has 0 radical (unpaired) electrons. The summed E-state index contributed by atoms with van der Waals surface area (Å²) in [6.07, 6.45) is 9.08. The van der Waals surface area contributed by atoms with Crippen LogP contribution in [0.3, 0.4) is 0 Å². The van der Waals surface area contributed by atoms with Crippen LogP contribution in [-0.2, 0) is 11.4 Å². The molecule has 2 unspecified atom stereocenters. The predicted molar refractivity (Wildman–Crippen MR) is 165 cm³/mol. The van der Waals surface area contributed by atoms with Gasteiger partial charge in [0, 0.05) is 32.1 Å². The summed E-state index contributed by atoms with van der Waals surface area (Å²) in [6, 6.07) is 26.0. The van der Waals surface area contributed by atoms with E-state index in [0.29, 0.717) is 37.5 Å². The van der Waals surface area contributed by atoms with Gasteiger partial charge in [0.15, 0.2) is 0 Å². The summed E-state index contributed by atoms with van der Waals surface area (Å²) in [5, 5.41) is 27.2. The van der Waals surface area contributed by atoms with Gasteiger partial charge in [-0.2, -0.15) is 0 Å². The normalized spacial score (nSPS) is 16.8. The number of aliphatic hydroxyl groups excluding tert-OH is 2. The lowest BCUT2D eigenvalue weighted by atomic mass is 10.1. The Bertz CT molecular complexity index is 1170. The van der Waals surface area contributed by atoms with Gasteiger partial charge in [-0.25, -0.2) is 0 Å². The number of esters is 1. The molecule has 3 aromatic rings. The van der Waals surface area contributed by atoms with Gasteiger partial charge in [-0.1, -0.05) is 80.3 Å². The Morgan fingerprint density at radius 3 is 1.62 bits per heavy atom. The molecular weight excluding hydrogens is 528 g/mol. The van der Waals surface area contributed by atoms with Gasteiger partial charge in [0.1, 0.15) is 18.1 Å². The molecule has 3 aromatic carbocycles. The van der Waals surface area contributed by atoms with Crippen molar-refractivity contribution in [1.82, 2.24) is 10.6 Å². The van der Waals surface area contributed by atoms with Gasteiger partial charge in [0.2, 0.25) is 0 Å². The van der Waals surface area contributed by atoms with E-state index in [2.05, 4.69) is 10.6 Å². The van der Waals surface area contributed by atoms with Crippen molar-refractivity contribution in [2.45, 2.75) is 89.2 Å². The number of carbonyl (C=O) groups excluding carboxylic acids is 1. The highest BCUT2D eigenvalue weighted by atomic mass is 16.5. The van der Waals surface area contributed by atoms with Crippen molar-refractivity contribution in [3.8, 4) is 11.5 Å². The molecule has 0 aliphatic heterocycles. The third-order valence-electron chi connectivity index (χ3n) is 7.95. The van der Waals surface area contributed by atoms with Crippen LogP contribution in [0.25, 0.3) is 0 Å². The molecule has 0 saturated heterocycles. The molecule has 2 fully saturated rings. The first-order valence-electron chi connectivity index (χ1n) is 15.3. The molecule has 4 N–H and O–H groups in total. The molecule has 0 aromatic heterocycles. The third kappa shape index (κ3) is 10.9. The number of hydrogen-bond donors (Lipinski definition) is 4. The molecule has 0 amide bonds. The van der Waals surface area contributed by atoms with Crippen molar-refractivity contribution in [2.75, 3.05) is 13.1 Å². The van der Waals surface area contributed by atoms with E-state index in [1.165, 1.54) is 58.3 Å². The average molecular weight is 575 g/mol. The molecule has 226 valence electrons. The quantitative estimate of drug-likeness (QED) is 0.155. The van der Waals surface area contributed by atoms with E-state index in [9.17, 15) is 15.0 Å². The zero-order valence-corrected chi connectivity index (χ0v) is 24.7. The van der Waals surface area contributed by atoms with E-state index in [1.807, 2.05) is 54.6 Å². The molecule has 0 heterocycles. The molecule has 5 rings (SSSR count). The van der Waals surface area contributed by atoms with Gasteiger partial charge in [-0.05, 0) is 66.6 Å². The van der Waals surface area contributed by atoms with Crippen LogP contribution < -0.4 is 20.1 Å². The molecule has 0 spiro atoms. The molecule has 2 saturated carbocycles. The minimum absolute atomic E-state index is 0.337. The first-order chi connectivity index (χ1) is 20.5. The van der Waals surface area contributed by atoms with Crippen LogP contribution in [0.15, 0.2) is 78.9 Å². The molecule has 0 bridgehead atoms. The number of rotatable bonds is 12. The summed E-state index contributed by atoms with van der Waals surface area (Å²) in [4.78, 5) is 10.8. The molecule has 42 heavy (non-hydrogen) atoms. The Labute approximate surface area is 250 Å². The van der Waals surface area contributed by atoms with Crippen molar-refractivity contribution in [3.63, 3.8) is 0 Å². The van der Waals surface area contributed by atoms with E-state index >= 15 is 0 Å². The Hall–Kier alpha value is -3.23. The van der Waals surface area contributed by atoms with Crippen LogP contribution in [0, 0.1) is 0 Å². The highest BCUT2D eigenvalue weighted by Crippen LogP contribution is 2.22. The monoisotopic (exact) mass is 574 g/mol. The SMILES string of the molecule is CC(=O)Oc1ccc(C(O)CNC2CCCC2)cc1.OC(CNC1CCCC1)c1ccc(OCc2ccccc2)cc1. The van der Waals surface area contributed by atoms with Crippen molar-refractivity contribution in [2.24, 2.45) is 0 Å². The van der Waals surface area contributed by atoms with Gasteiger partial charge < -0.3 is 30.3 Å². The van der Waals surface area contributed by atoms with Crippen molar-refractivity contribution < 1.29 is 24.5 Å². The van der Waals surface area contributed by atoms with Crippen molar-refractivity contribution >= 4 is 5.97 Å². The molecule has 7 nitrogen and oxygen atoms in total. The zero-order valence-electron chi connectivity index (χ0n) is 24.7. The van der Waals surface area contributed by atoms with Crippen LogP contribution in [0.1, 0.15) is 87.2 Å². The van der Waals surface area contributed by atoms with Crippen LogP contribution in [-0.4, -0.2) is 41.4 Å². The maximum atomic E-state index is 10.8. The largest absolute Gasteiger partial charge is 0.489 e. The van der Waals surface area contributed by atoms with E-state index in [-0.39, 0.29) is 5.97 Å². The van der Waals surface area contributed by atoms with E-state index in [0.717, 1.165) is 22.4 Å². The highest BCUT2D eigenvalue weighted by molar-refractivity contribution is 5.69. The number of ether oxygens (including phenoxy) is 2. The minimum atomic E-state index is -0.521. The summed E-state index contributed by atoms with van der Waals surface area (Å²) in [5.74, 6) is 0.997. The average Bonchev–Trinajstić information content (AvgIpc) is 3.74. The van der Waals surface area contributed by atoms with Gasteiger partial charge >= 0.3 is 5.97 Å². The van der Waals surface area contributed by atoms with E-state index < -0.39 is 12.2 Å². The second-order valence-corrected chi connectivity index (χ2v) is 11.3. The van der Waals surface area contributed by atoms with Gasteiger partial charge in [0.25, 0.3) is 0 Å². The van der Waals surface area contributed by atoms with Crippen LogP contribution in [0.2, 0.25) is 0 Å². The van der Waals surface area contributed by atoms with Gasteiger partial charge in [-0.3, -0.25) is 4.79 Å². The van der Waals surface area contributed by atoms with Crippen molar-refractivity contribution in [1.29, 1.82) is 0 Å². The van der Waals surface area contributed by atoms with Gasteiger partial charge in [-0.15, -0.1) is 0 Å². The Morgan fingerprint density at radius 1 is 0.714 bits per heavy atom. The molecule has 7 heteroatoms. The predicted octanol–water partition coefficient (Wildman–Crippen LogP) is 6.01. The fourth-order valence-corrected chi connectivity index (χ4v) is 5.50. The second kappa shape index (κ2) is 17.0. The molecule has 2 atom stereocenters. The fourth-order valence-electron chi connectivity index (χ4n) is 5.50. The lowest BCUT2D eigenvalue weighted by molar-refractivity contribution is -0.131. The highest BCUT2D eigenvalue weighted by Gasteiger charge is 2.17. The Balaban J connectivity index is 0.000000197. The first-order valence-corrected chi connectivity index (χ1v) is 15.3. The minimum Gasteiger partial charge on any atom is -0.489 e. The number of aliphatic hydroxyl groups is 2. The number of hydrogen-bond acceptors (Lipinski definition) is 7. The van der Waals surface area contributed by atoms with Crippen LogP contribution >= 0.6 is 0 Å². The van der Waals surface area contributed by atoms with Gasteiger partial charge in [0.05, 0.1) is 12.2 Å². The van der Waals surface area contributed by atoms with Crippen LogP contribution in [0.5, 0.6) is 11.5 Å². The van der Waals surface area contributed by atoms with Crippen LogP contribution in [0.4, 0.5) is 0 Å². The lowest BCUT2D eigenvalue weighted by Crippen LogP contribution is -2.30. The molecule has 2 aliphatic carbocycles. The summed E-state index contributed by atoms with van der Waals surface area (Å²) in [6.45, 7) is 3.12. The smallest absolute Gasteiger partial charge is 0.308 e. The topological polar surface area (TPSA) is 100 Å². The third-order valence-corrected chi connectivity index (χ3v) is 7.95. The summed E-state index contributed by atoms with van der Waals surface area (Å²) in [5.41, 5.74) is 2.92. The Morgan fingerprint density at radius 2 is 1.17 bits per heavy atom. The molecule has 2 aliphatic rings.